The van der Waals surface area contributed by atoms with Gasteiger partial charge in [0.15, 0.2) is 0 Å². The maximum atomic E-state index is 12.6. The molecule has 2 aromatic rings. The second-order valence-corrected chi connectivity index (χ2v) is 6.78. The fraction of sp³-hybridized carbons (Fsp3) is 0.318. The third-order valence-corrected chi connectivity index (χ3v) is 4.63. The number of nitrogens with one attached hydrogen (secondary N) is 3. The predicted molar refractivity (Wildman–Crippen MR) is 108 cm³/mol. The summed E-state index contributed by atoms with van der Waals surface area (Å²) in [6, 6.07) is 17.3. The van der Waals surface area contributed by atoms with Crippen LogP contribution < -0.4 is 16.0 Å². The quantitative estimate of drug-likeness (QED) is 0.688. The fourth-order valence-corrected chi connectivity index (χ4v) is 2.93. The lowest BCUT2D eigenvalue weighted by molar-refractivity contribution is -0.128. The van der Waals surface area contributed by atoms with E-state index in [1.165, 1.54) is 6.92 Å². The Morgan fingerprint density at radius 3 is 1.79 bits per heavy atom. The van der Waals surface area contributed by atoms with E-state index in [2.05, 4.69) is 16.0 Å². The van der Waals surface area contributed by atoms with Crippen LogP contribution in [0.2, 0.25) is 0 Å². The number of urea groups is 1. The average Bonchev–Trinajstić information content (AvgIpc) is 2.70. The zero-order valence-electron chi connectivity index (χ0n) is 16.4. The molecule has 3 N–H and O–H groups in total. The first-order valence-electron chi connectivity index (χ1n) is 9.40. The SMILES string of the molecule is CC[C@H](C)[C@@H](NC(C)=O)C(=O)NC(=O)NC(c1ccccc1)c1ccccc1. The third kappa shape index (κ3) is 5.94. The lowest BCUT2D eigenvalue weighted by Crippen LogP contribution is -2.53. The summed E-state index contributed by atoms with van der Waals surface area (Å²) in [5.74, 6) is -0.940. The number of carbonyl (C=O) groups is 3. The van der Waals surface area contributed by atoms with Gasteiger partial charge in [-0.15, -0.1) is 0 Å². The molecule has 28 heavy (non-hydrogen) atoms. The molecule has 4 amide bonds. The van der Waals surface area contributed by atoms with Crippen LogP contribution in [0.15, 0.2) is 60.7 Å². The fourth-order valence-electron chi connectivity index (χ4n) is 2.93. The number of amides is 4. The standard InChI is InChI=1S/C22H27N3O3/c1-4-15(2)19(23-16(3)26)21(27)25-22(28)24-20(17-11-7-5-8-12-17)18-13-9-6-10-14-18/h5-15,19-20H,4H2,1-3H3,(H,23,26)(H2,24,25,27,28)/t15-,19+/m0/s1. The Bertz CT molecular complexity index is 754. The summed E-state index contributed by atoms with van der Waals surface area (Å²) in [4.78, 5) is 36.5. The zero-order valence-corrected chi connectivity index (χ0v) is 16.4. The van der Waals surface area contributed by atoms with Crippen molar-refractivity contribution in [2.75, 3.05) is 0 Å². The summed E-state index contributed by atoms with van der Waals surface area (Å²) in [7, 11) is 0. The minimum absolute atomic E-state index is 0.101. The number of benzene rings is 2. The van der Waals surface area contributed by atoms with E-state index in [4.69, 9.17) is 0 Å². The van der Waals surface area contributed by atoms with Crippen molar-refractivity contribution in [3.05, 3.63) is 71.8 Å². The highest BCUT2D eigenvalue weighted by atomic mass is 16.2. The van der Waals surface area contributed by atoms with Gasteiger partial charge >= 0.3 is 6.03 Å². The summed E-state index contributed by atoms with van der Waals surface area (Å²) in [5, 5.41) is 7.85. The molecule has 148 valence electrons. The first kappa shape index (κ1) is 21.2. The maximum absolute atomic E-state index is 12.6. The van der Waals surface area contributed by atoms with Crippen LogP contribution in [-0.2, 0) is 9.59 Å². The Kier molecular flexibility index (Phi) is 7.75. The molecule has 0 unspecified atom stereocenters. The highest BCUT2D eigenvalue weighted by Gasteiger charge is 2.27. The summed E-state index contributed by atoms with van der Waals surface area (Å²) < 4.78 is 0. The van der Waals surface area contributed by atoms with E-state index < -0.39 is 24.0 Å². The van der Waals surface area contributed by atoms with Crippen molar-refractivity contribution >= 4 is 17.8 Å². The topological polar surface area (TPSA) is 87.3 Å². The Morgan fingerprint density at radius 2 is 1.36 bits per heavy atom. The summed E-state index contributed by atoms with van der Waals surface area (Å²) in [6.07, 6.45) is 0.691. The Labute approximate surface area is 165 Å². The third-order valence-electron chi connectivity index (χ3n) is 4.63. The molecular weight excluding hydrogens is 354 g/mol. The van der Waals surface area contributed by atoms with Crippen LogP contribution in [-0.4, -0.2) is 23.9 Å². The number of rotatable bonds is 7. The van der Waals surface area contributed by atoms with E-state index >= 15 is 0 Å². The number of hydrogen-bond acceptors (Lipinski definition) is 3. The second-order valence-electron chi connectivity index (χ2n) is 6.78. The van der Waals surface area contributed by atoms with Crippen molar-refractivity contribution in [2.45, 2.75) is 39.3 Å². The normalized spacial score (nSPS) is 12.7. The molecule has 0 heterocycles. The van der Waals surface area contributed by atoms with Gasteiger partial charge in [-0.3, -0.25) is 14.9 Å². The summed E-state index contributed by atoms with van der Waals surface area (Å²) >= 11 is 0. The van der Waals surface area contributed by atoms with Gasteiger partial charge in [-0.25, -0.2) is 4.79 Å². The van der Waals surface area contributed by atoms with Crippen molar-refractivity contribution in [1.82, 2.24) is 16.0 Å². The van der Waals surface area contributed by atoms with Crippen molar-refractivity contribution in [1.29, 1.82) is 0 Å². The summed E-state index contributed by atoms with van der Waals surface area (Å²) in [5.41, 5.74) is 1.80. The van der Waals surface area contributed by atoms with E-state index in [1.54, 1.807) is 0 Å². The van der Waals surface area contributed by atoms with Crippen LogP contribution in [0.1, 0.15) is 44.4 Å². The molecule has 0 saturated carbocycles. The highest BCUT2D eigenvalue weighted by molar-refractivity contribution is 5.98. The average molecular weight is 381 g/mol. The van der Waals surface area contributed by atoms with Gasteiger partial charge in [-0.1, -0.05) is 80.9 Å². The zero-order chi connectivity index (χ0) is 20.5. The lowest BCUT2D eigenvalue weighted by Gasteiger charge is -2.24. The van der Waals surface area contributed by atoms with Gasteiger partial charge in [0.05, 0.1) is 6.04 Å². The molecule has 0 bridgehead atoms. The number of carbonyl (C=O) groups excluding carboxylic acids is 3. The van der Waals surface area contributed by atoms with Gasteiger partial charge in [-0.2, -0.15) is 0 Å². The molecule has 0 aliphatic carbocycles. The first-order chi connectivity index (χ1) is 13.4. The molecule has 2 rings (SSSR count). The largest absolute Gasteiger partial charge is 0.344 e. The van der Waals surface area contributed by atoms with Crippen LogP contribution in [0.4, 0.5) is 4.79 Å². The molecule has 6 nitrogen and oxygen atoms in total. The molecule has 2 aromatic carbocycles. The lowest BCUT2D eigenvalue weighted by atomic mass is 9.98. The van der Waals surface area contributed by atoms with E-state index in [1.807, 2.05) is 74.5 Å². The predicted octanol–water partition coefficient (Wildman–Crippen LogP) is 3.15. The first-order valence-corrected chi connectivity index (χ1v) is 9.40. The van der Waals surface area contributed by atoms with Gasteiger partial charge in [-0.05, 0) is 17.0 Å². The maximum Gasteiger partial charge on any atom is 0.322 e. The van der Waals surface area contributed by atoms with E-state index in [0.29, 0.717) is 6.42 Å². The summed E-state index contributed by atoms with van der Waals surface area (Å²) in [6.45, 7) is 5.13. The number of hydrogen-bond donors (Lipinski definition) is 3. The molecule has 6 heteroatoms. The molecule has 0 aromatic heterocycles. The van der Waals surface area contributed by atoms with Crippen LogP contribution >= 0.6 is 0 Å². The molecule has 0 saturated heterocycles. The van der Waals surface area contributed by atoms with E-state index in [0.717, 1.165) is 11.1 Å². The van der Waals surface area contributed by atoms with Gasteiger partial charge < -0.3 is 10.6 Å². The van der Waals surface area contributed by atoms with Gasteiger partial charge in [0.2, 0.25) is 5.91 Å². The molecule has 0 aliphatic rings. The van der Waals surface area contributed by atoms with Crippen molar-refractivity contribution < 1.29 is 14.4 Å². The van der Waals surface area contributed by atoms with Crippen molar-refractivity contribution in [3.63, 3.8) is 0 Å². The van der Waals surface area contributed by atoms with Gasteiger partial charge in [0.1, 0.15) is 6.04 Å². The van der Waals surface area contributed by atoms with E-state index in [-0.39, 0.29) is 11.8 Å². The van der Waals surface area contributed by atoms with Crippen LogP contribution in [0, 0.1) is 5.92 Å². The van der Waals surface area contributed by atoms with Crippen LogP contribution in [0.3, 0.4) is 0 Å². The second kappa shape index (κ2) is 10.3. The Morgan fingerprint density at radius 1 is 0.857 bits per heavy atom. The molecule has 0 spiro atoms. The minimum atomic E-state index is -0.764. The molecular formula is C22H27N3O3. The van der Waals surface area contributed by atoms with Gasteiger partial charge in [0.25, 0.3) is 5.91 Å². The van der Waals surface area contributed by atoms with Gasteiger partial charge in [0, 0.05) is 6.92 Å². The van der Waals surface area contributed by atoms with E-state index in [9.17, 15) is 14.4 Å². The van der Waals surface area contributed by atoms with Crippen molar-refractivity contribution in [2.24, 2.45) is 5.92 Å². The Balaban J connectivity index is 2.15. The Hall–Kier alpha value is -3.15. The van der Waals surface area contributed by atoms with Crippen LogP contribution in [0.25, 0.3) is 0 Å². The minimum Gasteiger partial charge on any atom is -0.344 e. The molecule has 2 atom stereocenters. The number of imide groups is 1. The molecule has 0 aliphatic heterocycles. The molecule has 0 radical (unpaired) electrons. The monoisotopic (exact) mass is 381 g/mol. The smallest absolute Gasteiger partial charge is 0.322 e. The molecule has 0 fully saturated rings. The highest BCUT2D eigenvalue weighted by Crippen LogP contribution is 2.21. The van der Waals surface area contributed by atoms with Crippen LogP contribution in [0.5, 0.6) is 0 Å². The van der Waals surface area contributed by atoms with Crippen molar-refractivity contribution in [3.8, 4) is 0 Å².